The topological polar surface area (TPSA) is 37.6 Å². The number of fused-ring (bicyclic) bond motifs is 1. The van der Waals surface area contributed by atoms with Crippen LogP contribution in [0, 0.1) is 19.8 Å². The number of carbonyl (C=O) groups excluding carboxylic acids is 1. The summed E-state index contributed by atoms with van der Waals surface area (Å²) in [6.45, 7) is 7.93. The van der Waals surface area contributed by atoms with Gasteiger partial charge in [0, 0.05) is 19.3 Å². The number of imidazole rings is 1. The number of piperidine rings is 1. The molecule has 2 aromatic heterocycles. The molecule has 106 valence electrons. The Labute approximate surface area is 119 Å². The van der Waals surface area contributed by atoms with Gasteiger partial charge in [-0.25, -0.2) is 4.98 Å². The Morgan fingerprint density at radius 1 is 1.25 bits per heavy atom. The molecule has 4 nitrogen and oxygen atoms in total. The zero-order chi connectivity index (χ0) is 14.3. The van der Waals surface area contributed by atoms with Gasteiger partial charge in [-0.3, -0.25) is 9.20 Å². The van der Waals surface area contributed by atoms with Gasteiger partial charge in [-0.1, -0.05) is 13.0 Å². The lowest BCUT2D eigenvalue weighted by Crippen LogP contribution is -2.38. The summed E-state index contributed by atoms with van der Waals surface area (Å²) in [5.41, 5.74) is 3.52. The SMILES string of the molecule is Cc1ccc2nc(C)c(C(=O)N3CCC(C)CC3)n2c1. The Balaban J connectivity index is 1.98. The van der Waals surface area contributed by atoms with Gasteiger partial charge in [0.15, 0.2) is 0 Å². The molecule has 1 saturated heterocycles. The Hall–Kier alpha value is -1.84. The number of hydrogen-bond donors (Lipinski definition) is 0. The maximum Gasteiger partial charge on any atom is 0.272 e. The molecule has 0 radical (unpaired) electrons. The average Bonchev–Trinajstić information content (AvgIpc) is 2.74. The summed E-state index contributed by atoms with van der Waals surface area (Å²) in [6.07, 6.45) is 4.19. The minimum Gasteiger partial charge on any atom is -0.337 e. The minimum atomic E-state index is 0.118. The van der Waals surface area contributed by atoms with E-state index >= 15 is 0 Å². The fourth-order valence-corrected chi connectivity index (χ4v) is 2.89. The van der Waals surface area contributed by atoms with Gasteiger partial charge in [0.05, 0.1) is 5.69 Å². The molecular formula is C16H21N3O. The third-order valence-electron chi connectivity index (χ3n) is 4.21. The largest absolute Gasteiger partial charge is 0.337 e. The average molecular weight is 271 g/mol. The van der Waals surface area contributed by atoms with Crippen LogP contribution in [-0.4, -0.2) is 33.3 Å². The molecule has 0 unspecified atom stereocenters. The van der Waals surface area contributed by atoms with Gasteiger partial charge in [0.25, 0.3) is 5.91 Å². The maximum atomic E-state index is 12.8. The third-order valence-corrected chi connectivity index (χ3v) is 4.21. The summed E-state index contributed by atoms with van der Waals surface area (Å²) in [7, 11) is 0. The predicted molar refractivity (Wildman–Crippen MR) is 79.0 cm³/mol. The number of aromatic nitrogens is 2. The van der Waals surface area contributed by atoms with Gasteiger partial charge >= 0.3 is 0 Å². The van der Waals surface area contributed by atoms with Gasteiger partial charge in [0.2, 0.25) is 0 Å². The maximum absolute atomic E-state index is 12.8. The fourth-order valence-electron chi connectivity index (χ4n) is 2.89. The second kappa shape index (κ2) is 4.93. The number of rotatable bonds is 1. The molecule has 1 aliphatic rings. The van der Waals surface area contributed by atoms with E-state index < -0.39 is 0 Å². The van der Waals surface area contributed by atoms with Crippen LogP contribution in [0.1, 0.15) is 41.5 Å². The van der Waals surface area contributed by atoms with Crippen LogP contribution in [0.3, 0.4) is 0 Å². The molecule has 1 fully saturated rings. The van der Waals surface area contributed by atoms with Crippen molar-refractivity contribution in [3.63, 3.8) is 0 Å². The van der Waals surface area contributed by atoms with Crippen LogP contribution in [0.5, 0.6) is 0 Å². The van der Waals surface area contributed by atoms with Crippen LogP contribution in [0.15, 0.2) is 18.3 Å². The van der Waals surface area contributed by atoms with Crippen LogP contribution in [0.4, 0.5) is 0 Å². The molecule has 0 atom stereocenters. The smallest absolute Gasteiger partial charge is 0.272 e. The van der Waals surface area contributed by atoms with Crippen molar-refractivity contribution in [1.29, 1.82) is 0 Å². The van der Waals surface area contributed by atoms with Crippen LogP contribution in [0.2, 0.25) is 0 Å². The summed E-state index contributed by atoms with van der Waals surface area (Å²) in [6, 6.07) is 4.00. The molecular weight excluding hydrogens is 250 g/mol. The van der Waals surface area contributed by atoms with Crippen molar-refractivity contribution >= 4 is 11.6 Å². The van der Waals surface area contributed by atoms with Gasteiger partial charge in [0.1, 0.15) is 11.3 Å². The molecule has 1 aliphatic heterocycles. The zero-order valence-corrected chi connectivity index (χ0v) is 12.4. The van der Waals surface area contributed by atoms with Crippen LogP contribution in [-0.2, 0) is 0 Å². The molecule has 0 aliphatic carbocycles. The van der Waals surface area contributed by atoms with E-state index in [1.165, 1.54) is 0 Å². The Kier molecular flexibility index (Phi) is 3.24. The normalized spacial score (nSPS) is 16.9. The molecule has 0 aromatic carbocycles. The number of carbonyl (C=O) groups is 1. The predicted octanol–water partition coefficient (Wildman–Crippen LogP) is 2.82. The molecule has 1 amide bonds. The van der Waals surface area contributed by atoms with Crippen molar-refractivity contribution in [2.45, 2.75) is 33.6 Å². The lowest BCUT2D eigenvalue weighted by atomic mass is 9.99. The first-order valence-corrected chi connectivity index (χ1v) is 7.31. The summed E-state index contributed by atoms with van der Waals surface area (Å²) in [4.78, 5) is 19.3. The van der Waals surface area contributed by atoms with Gasteiger partial charge in [-0.15, -0.1) is 0 Å². The van der Waals surface area contributed by atoms with Crippen LogP contribution in [0.25, 0.3) is 5.65 Å². The van der Waals surface area contributed by atoms with E-state index in [0.717, 1.165) is 54.4 Å². The first-order chi connectivity index (χ1) is 9.56. The van der Waals surface area contributed by atoms with Crippen molar-refractivity contribution in [2.75, 3.05) is 13.1 Å². The van der Waals surface area contributed by atoms with Crippen LogP contribution >= 0.6 is 0 Å². The fraction of sp³-hybridized carbons (Fsp3) is 0.500. The second-order valence-electron chi connectivity index (χ2n) is 5.96. The zero-order valence-electron chi connectivity index (χ0n) is 12.4. The highest BCUT2D eigenvalue weighted by Gasteiger charge is 2.25. The Bertz CT molecular complexity index is 651. The molecule has 4 heteroatoms. The van der Waals surface area contributed by atoms with E-state index in [1.54, 1.807) is 0 Å². The van der Waals surface area contributed by atoms with E-state index in [4.69, 9.17) is 0 Å². The summed E-state index contributed by atoms with van der Waals surface area (Å²) >= 11 is 0. The summed E-state index contributed by atoms with van der Waals surface area (Å²) in [5.74, 6) is 0.845. The number of amides is 1. The van der Waals surface area contributed by atoms with Crippen LogP contribution < -0.4 is 0 Å². The highest BCUT2D eigenvalue weighted by Crippen LogP contribution is 2.20. The Morgan fingerprint density at radius 3 is 2.65 bits per heavy atom. The minimum absolute atomic E-state index is 0.118. The second-order valence-corrected chi connectivity index (χ2v) is 5.96. The van der Waals surface area contributed by atoms with E-state index in [0.29, 0.717) is 0 Å². The van der Waals surface area contributed by atoms with Crippen molar-refractivity contribution < 1.29 is 4.79 Å². The molecule has 3 heterocycles. The summed E-state index contributed by atoms with van der Waals surface area (Å²) in [5, 5.41) is 0. The number of aryl methyl sites for hydroxylation is 2. The first kappa shape index (κ1) is 13.2. The molecule has 20 heavy (non-hydrogen) atoms. The van der Waals surface area contributed by atoms with E-state index in [-0.39, 0.29) is 5.91 Å². The van der Waals surface area contributed by atoms with E-state index in [9.17, 15) is 4.79 Å². The number of pyridine rings is 1. The Morgan fingerprint density at radius 2 is 1.95 bits per heavy atom. The first-order valence-electron chi connectivity index (χ1n) is 7.31. The lowest BCUT2D eigenvalue weighted by Gasteiger charge is -2.30. The molecule has 2 aromatic rings. The number of likely N-dealkylation sites (tertiary alicyclic amines) is 1. The van der Waals surface area contributed by atoms with E-state index in [2.05, 4.69) is 11.9 Å². The molecule has 0 saturated carbocycles. The number of nitrogens with zero attached hydrogens (tertiary/aromatic N) is 3. The number of hydrogen-bond acceptors (Lipinski definition) is 2. The molecule has 3 rings (SSSR count). The monoisotopic (exact) mass is 271 g/mol. The third kappa shape index (κ3) is 2.19. The van der Waals surface area contributed by atoms with Crippen molar-refractivity contribution in [3.05, 3.63) is 35.3 Å². The molecule has 0 bridgehead atoms. The van der Waals surface area contributed by atoms with Gasteiger partial charge < -0.3 is 4.90 Å². The summed E-state index contributed by atoms with van der Waals surface area (Å²) < 4.78 is 1.94. The highest BCUT2D eigenvalue weighted by molar-refractivity contribution is 5.94. The highest BCUT2D eigenvalue weighted by atomic mass is 16.2. The standard InChI is InChI=1S/C16H21N3O/c1-11-6-8-18(9-7-11)16(20)15-13(3)17-14-5-4-12(2)10-19(14)15/h4-5,10-11H,6-9H2,1-3H3. The quantitative estimate of drug-likeness (QED) is 0.800. The van der Waals surface area contributed by atoms with Gasteiger partial charge in [-0.05, 0) is 44.2 Å². The van der Waals surface area contributed by atoms with Gasteiger partial charge in [-0.2, -0.15) is 0 Å². The van der Waals surface area contributed by atoms with Crippen molar-refractivity contribution in [3.8, 4) is 0 Å². The molecule has 0 spiro atoms. The van der Waals surface area contributed by atoms with Crippen molar-refractivity contribution in [1.82, 2.24) is 14.3 Å². The lowest BCUT2D eigenvalue weighted by molar-refractivity contribution is 0.0689. The van der Waals surface area contributed by atoms with E-state index in [1.807, 2.05) is 41.5 Å². The van der Waals surface area contributed by atoms with Crippen molar-refractivity contribution in [2.24, 2.45) is 5.92 Å². The molecule has 0 N–H and O–H groups in total.